The number of nitrogens with zero attached hydrogens (tertiary/aromatic N) is 1. The Hall–Kier alpha value is -1.88. The van der Waals surface area contributed by atoms with Crippen LogP contribution in [0.5, 0.6) is 0 Å². The van der Waals surface area contributed by atoms with Crippen molar-refractivity contribution in [1.29, 1.82) is 0 Å². The van der Waals surface area contributed by atoms with Crippen molar-refractivity contribution in [3.63, 3.8) is 0 Å². The molecule has 0 heterocycles. The topological polar surface area (TPSA) is 58.6 Å². The van der Waals surface area contributed by atoms with Crippen molar-refractivity contribution in [2.45, 2.75) is 6.92 Å². The Morgan fingerprint density at radius 2 is 1.89 bits per heavy atom. The van der Waals surface area contributed by atoms with Crippen LogP contribution in [-0.2, 0) is 14.3 Å². The van der Waals surface area contributed by atoms with E-state index in [2.05, 4.69) is 10.1 Å². The third kappa shape index (κ3) is 4.97. The second kappa shape index (κ2) is 7.45. The van der Waals surface area contributed by atoms with E-state index in [4.69, 9.17) is 0 Å². The van der Waals surface area contributed by atoms with Gasteiger partial charge in [0, 0.05) is 5.69 Å². The number of carbonyl (C=O) groups is 2. The molecule has 0 saturated carbocycles. The zero-order valence-corrected chi connectivity index (χ0v) is 10.7. The largest absolute Gasteiger partial charge is 0.468 e. The summed E-state index contributed by atoms with van der Waals surface area (Å²) in [4.78, 5) is 24.6. The highest BCUT2D eigenvalue weighted by Gasteiger charge is 2.13. The number of benzene rings is 1. The molecule has 0 aromatic heterocycles. The summed E-state index contributed by atoms with van der Waals surface area (Å²) in [6.45, 7) is 2.78. The SMILES string of the molecule is CCN(CC(=O)Nc1ccccc1)CC(=O)OC. The number of amides is 1. The van der Waals surface area contributed by atoms with E-state index in [9.17, 15) is 9.59 Å². The number of nitrogens with one attached hydrogen (secondary N) is 1. The Labute approximate surface area is 107 Å². The average molecular weight is 250 g/mol. The van der Waals surface area contributed by atoms with Gasteiger partial charge in [0.2, 0.25) is 5.91 Å². The highest BCUT2D eigenvalue weighted by molar-refractivity contribution is 5.92. The normalized spacial score (nSPS) is 10.2. The number of hydrogen-bond acceptors (Lipinski definition) is 4. The van der Waals surface area contributed by atoms with Crippen molar-refractivity contribution in [1.82, 2.24) is 4.90 Å². The van der Waals surface area contributed by atoms with E-state index in [1.54, 1.807) is 4.90 Å². The predicted molar refractivity (Wildman–Crippen MR) is 69.2 cm³/mol. The van der Waals surface area contributed by atoms with Crippen molar-refractivity contribution in [3.05, 3.63) is 30.3 Å². The third-order valence-corrected chi connectivity index (χ3v) is 2.45. The molecule has 98 valence electrons. The highest BCUT2D eigenvalue weighted by atomic mass is 16.5. The minimum Gasteiger partial charge on any atom is -0.468 e. The van der Waals surface area contributed by atoms with Gasteiger partial charge in [-0.1, -0.05) is 25.1 Å². The Bertz CT molecular complexity index is 392. The van der Waals surface area contributed by atoms with Gasteiger partial charge in [-0.3, -0.25) is 14.5 Å². The van der Waals surface area contributed by atoms with Gasteiger partial charge in [0.1, 0.15) is 0 Å². The summed E-state index contributed by atoms with van der Waals surface area (Å²) < 4.78 is 4.57. The van der Waals surface area contributed by atoms with E-state index in [1.807, 2.05) is 37.3 Å². The molecule has 0 saturated heterocycles. The van der Waals surface area contributed by atoms with Crippen LogP contribution in [0.2, 0.25) is 0 Å². The number of likely N-dealkylation sites (N-methyl/N-ethyl adjacent to an activating group) is 1. The summed E-state index contributed by atoms with van der Waals surface area (Å²) in [5, 5.41) is 2.77. The van der Waals surface area contributed by atoms with Crippen LogP contribution in [0.25, 0.3) is 0 Å². The van der Waals surface area contributed by atoms with Gasteiger partial charge in [-0.05, 0) is 18.7 Å². The van der Waals surface area contributed by atoms with Crippen LogP contribution >= 0.6 is 0 Å². The minimum absolute atomic E-state index is 0.120. The fourth-order valence-corrected chi connectivity index (χ4v) is 1.45. The second-order valence-corrected chi connectivity index (χ2v) is 3.79. The lowest BCUT2D eigenvalue weighted by atomic mass is 10.3. The van der Waals surface area contributed by atoms with E-state index in [0.29, 0.717) is 6.54 Å². The number of para-hydroxylation sites is 1. The first kappa shape index (κ1) is 14.2. The zero-order chi connectivity index (χ0) is 13.4. The van der Waals surface area contributed by atoms with Crippen molar-refractivity contribution in [2.75, 3.05) is 32.1 Å². The van der Waals surface area contributed by atoms with Crippen LogP contribution in [0.1, 0.15) is 6.92 Å². The molecule has 0 aliphatic heterocycles. The number of ether oxygens (including phenoxy) is 1. The first-order valence-electron chi connectivity index (χ1n) is 5.79. The van der Waals surface area contributed by atoms with E-state index in [-0.39, 0.29) is 25.0 Å². The molecule has 5 nitrogen and oxygen atoms in total. The standard InChI is InChI=1S/C13H18N2O3/c1-3-15(10-13(17)18-2)9-12(16)14-11-7-5-4-6-8-11/h4-8H,3,9-10H2,1-2H3,(H,14,16). The lowest BCUT2D eigenvalue weighted by Crippen LogP contribution is -2.37. The molecule has 0 spiro atoms. The molecule has 1 rings (SSSR count). The van der Waals surface area contributed by atoms with Gasteiger partial charge in [-0.25, -0.2) is 0 Å². The summed E-state index contributed by atoms with van der Waals surface area (Å²) in [6, 6.07) is 9.21. The van der Waals surface area contributed by atoms with Gasteiger partial charge in [0.25, 0.3) is 0 Å². The lowest BCUT2D eigenvalue weighted by molar-refractivity contribution is -0.142. The van der Waals surface area contributed by atoms with Crippen molar-refractivity contribution >= 4 is 17.6 Å². The molecule has 0 fully saturated rings. The van der Waals surface area contributed by atoms with Crippen LogP contribution in [-0.4, -0.2) is 43.5 Å². The number of methoxy groups -OCH3 is 1. The Morgan fingerprint density at radius 1 is 1.22 bits per heavy atom. The Morgan fingerprint density at radius 3 is 2.44 bits per heavy atom. The molecule has 1 N–H and O–H groups in total. The molecule has 0 aliphatic rings. The van der Waals surface area contributed by atoms with Crippen LogP contribution in [0.4, 0.5) is 5.69 Å². The van der Waals surface area contributed by atoms with Gasteiger partial charge in [0.05, 0.1) is 20.2 Å². The van der Waals surface area contributed by atoms with Gasteiger partial charge in [-0.2, -0.15) is 0 Å². The van der Waals surface area contributed by atoms with E-state index in [0.717, 1.165) is 5.69 Å². The number of esters is 1. The molecule has 0 radical (unpaired) electrons. The van der Waals surface area contributed by atoms with Gasteiger partial charge < -0.3 is 10.1 Å². The van der Waals surface area contributed by atoms with Gasteiger partial charge in [-0.15, -0.1) is 0 Å². The average Bonchev–Trinajstić information content (AvgIpc) is 2.38. The maximum absolute atomic E-state index is 11.7. The summed E-state index contributed by atoms with van der Waals surface area (Å²) in [7, 11) is 1.33. The van der Waals surface area contributed by atoms with E-state index >= 15 is 0 Å². The molecule has 5 heteroatoms. The zero-order valence-electron chi connectivity index (χ0n) is 10.7. The first-order chi connectivity index (χ1) is 8.65. The molecule has 0 aliphatic carbocycles. The van der Waals surface area contributed by atoms with Crippen LogP contribution < -0.4 is 5.32 Å². The molecule has 0 atom stereocenters. The number of carbonyl (C=O) groups excluding carboxylic acids is 2. The summed E-state index contributed by atoms with van der Waals surface area (Å²) in [5.41, 5.74) is 0.747. The Kier molecular flexibility index (Phi) is 5.87. The van der Waals surface area contributed by atoms with Crippen LogP contribution in [0.3, 0.4) is 0 Å². The quantitative estimate of drug-likeness (QED) is 0.769. The predicted octanol–water partition coefficient (Wildman–Crippen LogP) is 1.12. The number of rotatable bonds is 6. The minimum atomic E-state index is -0.343. The highest BCUT2D eigenvalue weighted by Crippen LogP contribution is 2.04. The third-order valence-electron chi connectivity index (χ3n) is 2.45. The summed E-state index contributed by atoms with van der Waals surface area (Å²) >= 11 is 0. The van der Waals surface area contributed by atoms with Crippen molar-refractivity contribution < 1.29 is 14.3 Å². The number of anilines is 1. The fraction of sp³-hybridized carbons (Fsp3) is 0.385. The summed E-state index contributed by atoms with van der Waals surface area (Å²) in [5.74, 6) is -0.490. The first-order valence-corrected chi connectivity index (χ1v) is 5.79. The van der Waals surface area contributed by atoms with Crippen molar-refractivity contribution in [3.8, 4) is 0 Å². The monoisotopic (exact) mass is 250 g/mol. The van der Waals surface area contributed by atoms with Gasteiger partial charge in [0.15, 0.2) is 0 Å². The molecule has 1 aromatic carbocycles. The van der Waals surface area contributed by atoms with Gasteiger partial charge >= 0.3 is 5.97 Å². The summed E-state index contributed by atoms with van der Waals surface area (Å²) in [6.07, 6.45) is 0. The smallest absolute Gasteiger partial charge is 0.319 e. The maximum atomic E-state index is 11.7. The molecule has 1 amide bonds. The molecule has 0 unspecified atom stereocenters. The van der Waals surface area contributed by atoms with Crippen LogP contribution in [0, 0.1) is 0 Å². The Balaban J connectivity index is 2.45. The maximum Gasteiger partial charge on any atom is 0.319 e. The number of hydrogen-bond donors (Lipinski definition) is 1. The lowest BCUT2D eigenvalue weighted by Gasteiger charge is -2.18. The molecular weight excluding hydrogens is 232 g/mol. The molecule has 1 aromatic rings. The molecular formula is C13H18N2O3. The molecule has 18 heavy (non-hydrogen) atoms. The molecule has 0 bridgehead atoms. The second-order valence-electron chi connectivity index (χ2n) is 3.79. The van der Waals surface area contributed by atoms with Crippen molar-refractivity contribution in [2.24, 2.45) is 0 Å². The van der Waals surface area contributed by atoms with E-state index < -0.39 is 0 Å². The fourth-order valence-electron chi connectivity index (χ4n) is 1.45. The van der Waals surface area contributed by atoms with Crippen LogP contribution in [0.15, 0.2) is 30.3 Å². The van der Waals surface area contributed by atoms with E-state index in [1.165, 1.54) is 7.11 Å².